The van der Waals surface area contributed by atoms with E-state index in [0.29, 0.717) is 28.8 Å². The van der Waals surface area contributed by atoms with Crippen LogP contribution in [0.5, 0.6) is 0 Å². The molecule has 1 aromatic rings. The van der Waals surface area contributed by atoms with E-state index in [4.69, 9.17) is 11.6 Å². The summed E-state index contributed by atoms with van der Waals surface area (Å²) in [6.07, 6.45) is 0.610. The molecule has 0 saturated heterocycles. The molecule has 0 aliphatic rings. The molecule has 0 saturated carbocycles. The van der Waals surface area contributed by atoms with Gasteiger partial charge in [-0.05, 0) is 6.92 Å². The smallest absolute Gasteiger partial charge is 0.137 e. The summed E-state index contributed by atoms with van der Waals surface area (Å²) >= 11 is 5.98. The first-order chi connectivity index (χ1) is 8.51. The number of hydrogen-bond donors (Lipinski definition) is 4. The van der Waals surface area contributed by atoms with E-state index in [1.165, 1.54) is 0 Å². The molecule has 18 heavy (non-hydrogen) atoms. The molecule has 0 fully saturated rings. The van der Waals surface area contributed by atoms with Gasteiger partial charge in [0.05, 0.1) is 19.8 Å². The van der Waals surface area contributed by atoms with Gasteiger partial charge in [-0.3, -0.25) is 0 Å². The van der Waals surface area contributed by atoms with Crippen molar-refractivity contribution in [2.75, 3.05) is 25.1 Å². The number of nitrogens with zero attached hydrogens (tertiary/aromatic N) is 2. The predicted molar refractivity (Wildman–Crippen MR) is 68.8 cm³/mol. The van der Waals surface area contributed by atoms with Crippen LogP contribution in [-0.2, 0) is 6.42 Å². The number of nitrogens with one attached hydrogen (secondary N) is 1. The fraction of sp³-hybridized carbons (Fsp3) is 0.636. The molecule has 1 rings (SSSR count). The molecule has 0 unspecified atom stereocenters. The van der Waals surface area contributed by atoms with E-state index in [0.717, 1.165) is 0 Å². The normalized spacial score (nSPS) is 11.7. The first-order valence-corrected chi connectivity index (χ1v) is 6.03. The average molecular weight is 276 g/mol. The summed E-state index contributed by atoms with van der Waals surface area (Å²) < 4.78 is 0. The highest BCUT2D eigenvalue weighted by Crippen LogP contribution is 2.23. The third kappa shape index (κ3) is 3.08. The number of halogens is 1. The lowest BCUT2D eigenvalue weighted by atomic mass is 10.0. The van der Waals surface area contributed by atoms with E-state index in [1.807, 2.05) is 6.92 Å². The molecular weight excluding hydrogens is 258 g/mol. The Morgan fingerprint density at radius 3 is 2.17 bits per heavy atom. The Labute approximate surface area is 111 Å². The van der Waals surface area contributed by atoms with Crippen LogP contribution in [0.3, 0.4) is 0 Å². The van der Waals surface area contributed by atoms with Crippen LogP contribution in [-0.4, -0.2) is 50.6 Å². The van der Waals surface area contributed by atoms with Crippen LogP contribution in [0.15, 0.2) is 0 Å². The summed E-state index contributed by atoms with van der Waals surface area (Å²) in [5.41, 5.74) is -0.624. The standard InChI is InChI=1S/C11H18ClN3O3/c1-3-8-13-9(12)7(2)10(14-8)15-11(4-16,5-17)6-18/h16-18H,3-6H2,1-2H3,(H,13,14,15). The van der Waals surface area contributed by atoms with Gasteiger partial charge in [0.1, 0.15) is 22.3 Å². The maximum absolute atomic E-state index is 9.27. The van der Waals surface area contributed by atoms with Gasteiger partial charge in [0.25, 0.3) is 0 Å². The lowest BCUT2D eigenvalue weighted by Crippen LogP contribution is -2.49. The molecule has 0 radical (unpaired) electrons. The minimum atomic E-state index is -1.23. The molecule has 0 aliphatic carbocycles. The maximum Gasteiger partial charge on any atom is 0.137 e. The molecule has 102 valence electrons. The number of aryl methyl sites for hydroxylation is 1. The molecular formula is C11H18ClN3O3. The molecule has 0 amide bonds. The second kappa shape index (κ2) is 6.29. The molecule has 0 aromatic carbocycles. The average Bonchev–Trinajstić information content (AvgIpc) is 2.40. The highest BCUT2D eigenvalue weighted by Gasteiger charge is 2.29. The van der Waals surface area contributed by atoms with Gasteiger partial charge in [0, 0.05) is 12.0 Å². The Morgan fingerprint density at radius 1 is 1.17 bits per heavy atom. The Morgan fingerprint density at radius 2 is 1.72 bits per heavy atom. The van der Waals surface area contributed by atoms with E-state index in [2.05, 4.69) is 15.3 Å². The highest BCUT2D eigenvalue weighted by atomic mass is 35.5. The van der Waals surface area contributed by atoms with E-state index >= 15 is 0 Å². The molecule has 4 N–H and O–H groups in total. The van der Waals surface area contributed by atoms with Gasteiger partial charge < -0.3 is 20.6 Å². The van der Waals surface area contributed by atoms with Gasteiger partial charge in [0.15, 0.2) is 0 Å². The predicted octanol–water partition coefficient (Wildman–Crippen LogP) is 0.128. The third-order valence-corrected chi connectivity index (χ3v) is 3.11. The van der Waals surface area contributed by atoms with Gasteiger partial charge in [-0.25, -0.2) is 9.97 Å². The summed E-state index contributed by atoms with van der Waals surface area (Å²) in [5.74, 6) is 0.958. The Balaban J connectivity index is 3.13. The van der Waals surface area contributed by atoms with Crippen LogP contribution in [0.2, 0.25) is 5.15 Å². The van der Waals surface area contributed by atoms with Crippen molar-refractivity contribution in [1.82, 2.24) is 9.97 Å². The van der Waals surface area contributed by atoms with Gasteiger partial charge in [-0.1, -0.05) is 18.5 Å². The van der Waals surface area contributed by atoms with Crippen LogP contribution in [0, 0.1) is 6.92 Å². The van der Waals surface area contributed by atoms with Crippen LogP contribution < -0.4 is 5.32 Å². The third-order valence-electron chi connectivity index (χ3n) is 2.74. The number of rotatable bonds is 6. The van der Waals surface area contributed by atoms with Gasteiger partial charge in [0.2, 0.25) is 0 Å². The zero-order valence-corrected chi connectivity index (χ0v) is 11.2. The second-order valence-electron chi connectivity index (χ2n) is 4.14. The van der Waals surface area contributed by atoms with Crippen molar-refractivity contribution < 1.29 is 15.3 Å². The minimum absolute atomic E-state index is 0.312. The number of aromatic nitrogens is 2. The van der Waals surface area contributed by atoms with Crippen LogP contribution in [0.1, 0.15) is 18.3 Å². The number of anilines is 1. The minimum Gasteiger partial charge on any atom is -0.394 e. The van der Waals surface area contributed by atoms with Gasteiger partial charge in [-0.2, -0.15) is 0 Å². The number of aliphatic hydroxyl groups excluding tert-OH is 3. The van der Waals surface area contributed by atoms with Crippen molar-refractivity contribution in [3.63, 3.8) is 0 Å². The summed E-state index contributed by atoms with van der Waals surface area (Å²) in [6.45, 7) is 2.33. The van der Waals surface area contributed by atoms with Crippen molar-refractivity contribution in [2.24, 2.45) is 0 Å². The van der Waals surface area contributed by atoms with Gasteiger partial charge in [-0.15, -0.1) is 0 Å². The fourth-order valence-electron chi connectivity index (χ4n) is 1.33. The zero-order chi connectivity index (χ0) is 13.8. The monoisotopic (exact) mass is 275 g/mol. The van der Waals surface area contributed by atoms with Crippen LogP contribution in [0.4, 0.5) is 5.82 Å². The Bertz CT molecular complexity index is 403. The summed E-state index contributed by atoms with van der Waals surface area (Å²) in [6, 6.07) is 0. The topological polar surface area (TPSA) is 98.5 Å². The Kier molecular flexibility index (Phi) is 5.28. The maximum atomic E-state index is 9.27. The van der Waals surface area contributed by atoms with E-state index in [1.54, 1.807) is 6.92 Å². The van der Waals surface area contributed by atoms with Crippen molar-refractivity contribution >= 4 is 17.4 Å². The van der Waals surface area contributed by atoms with Crippen LogP contribution in [0.25, 0.3) is 0 Å². The van der Waals surface area contributed by atoms with E-state index in [9.17, 15) is 15.3 Å². The fourth-order valence-corrected chi connectivity index (χ4v) is 1.52. The lowest BCUT2D eigenvalue weighted by Gasteiger charge is -2.30. The molecule has 1 heterocycles. The van der Waals surface area contributed by atoms with E-state index in [-0.39, 0.29) is 0 Å². The Hall–Kier alpha value is -0.950. The quantitative estimate of drug-likeness (QED) is 0.551. The lowest BCUT2D eigenvalue weighted by molar-refractivity contribution is 0.0830. The first-order valence-electron chi connectivity index (χ1n) is 5.65. The SMILES string of the molecule is CCc1nc(Cl)c(C)c(NC(CO)(CO)CO)n1. The summed E-state index contributed by atoms with van der Waals surface area (Å²) in [5, 5.41) is 30.9. The second-order valence-corrected chi connectivity index (χ2v) is 4.50. The van der Waals surface area contributed by atoms with Crippen molar-refractivity contribution in [3.8, 4) is 0 Å². The highest BCUT2D eigenvalue weighted by molar-refractivity contribution is 6.30. The molecule has 6 nitrogen and oxygen atoms in total. The zero-order valence-electron chi connectivity index (χ0n) is 10.4. The molecule has 0 bridgehead atoms. The van der Waals surface area contributed by atoms with Crippen molar-refractivity contribution in [2.45, 2.75) is 25.8 Å². The van der Waals surface area contributed by atoms with Crippen LogP contribution >= 0.6 is 11.6 Å². The largest absolute Gasteiger partial charge is 0.394 e. The van der Waals surface area contributed by atoms with Crippen molar-refractivity contribution in [3.05, 3.63) is 16.5 Å². The molecule has 0 spiro atoms. The molecule has 7 heteroatoms. The molecule has 0 atom stereocenters. The summed E-state index contributed by atoms with van der Waals surface area (Å²) in [4.78, 5) is 8.33. The van der Waals surface area contributed by atoms with E-state index < -0.39 is 25.4 Å². The molecule has 1 aromatic heterocycles. The first kappa shape index (κ1) is 15.1. The molecule has 0 aliphatic heterocycles. The van der Waals surface area contributed by atoms with Crippen molar-refractivity contribution in [1.29, 1.82) is 0 Å². The van der Waals surface area contributed by atoms with Gasteiger partial charge >= 0.3 is 0 Å². The summed E-state index contributed by atoms with van der Waals surface area (Å²) in [7, 11) is 0. The number of hydrogen-bond acceptors (Lipinski definition) is 6. The number of aliphatic hydroxyl groups is 3.